The Balaban J connectivity index is 1.88. The Morgan fingerprint density at radius 2 is 2.15 bits per heavy atom. The molecule has 2 heterocycles. The van der Waals surface area contributed by atoms with Crippen molar-refractivity contribution in [2.45, 2.75) is 26.8 Å². The molecule has 2 N–H and O–H groups in total. The predicted octanol–water partition coefficient (Wildman–Crippen LogP) is 2.60. The molecule has 6 heteroatoms. The smallest absolute Gasteiger partial charge is 0.253 e. The molecule has 0 bridgehead atoms. The molecule has 106 valence electrons. The molecule has 0 atom stereocenters. The van der Waals surface area contributed by atoms with E-state index in [1.807, 2.05) is 19.2 Å². The Hall–Kier alpha value is -1.95. The number of aryl methyl sites for hydroxylation is 1. The van der Waals surface area contributed by atoms with Gasteiger partial charge in [-0.2, -0.15) is 0 Å². The van der Waals surface area contributed by atoms with Gasteiger partial charge in [0.05, 0.1) is 12.1 Å². The number of hydrogen-bond donors (Lipinski definition) is 2. The van der Waals surface area contributed by atoms with Crippen LogP contribution in [-0.4, -0.2) is 22.4 Å². The minimum absolute atomic E-state index is 0.132. The highest BCUT2D eigenvalue weighted by molar-refractivity contribution is 7.11. The second-order valence-corrected chi connectivity index (χ2v) is 5.73. The van der Waals surface area contributed by atoms with Gasteiger partial charge in [0.25, 0.3) is 5.91 Å². The van der Waals surface area contributed by atoms with Crippen molar-refractivity contribution in [1.29, 1.82) is 0 Å². The van der Waals surface area contributed by atoms with E-state index in [4.69, 9.17) is 0 Å². The summed E-state index contributed by atoms with van der Waals surface area (Å²) in [5.74, 6) is 0.659. The Morgan fingerprint density at radius 3 is 2.75 bits per heavy atom. The zero-order chi connectivity index (χ0) is 14.4. The standard InChI is InChI=1S/C14H18N4OS/c1-3-6-15-12-5-4-11(8-16-12)14(19)18-9-13-17-7-10(2)20-13/h4-5,7-8H,3,6,9H2,1-2H3,(H,15,16)(H,18,19). The molecule has 0 radical (unpaired) electrons. The lowest BCUT2D eigenvalue weighted by Gasteiger charge is -2.05. The Kier molecular flexibility index (Phi) is 5.06. The molecule has 5 nitrogen and oxygen atoms in total. The molecule has 0 fully saturated rings. The normalized spacial score (nSPS) is 10.3. The molecule has 0 spiro atoms. The van der Waals surface area contributed by atoms with Gasteiger partial charge >= 0.3 is 0 Å². The monoisotopic (exact) mass is 290 g/mol. The van der Waals surface area contributed by atoms with Gasteiger partial charge in [0.2, 0.25) is 0 Å². The summed E-state index contributed by atoms with van der Waals surface area (Å²) < 4.78 is 0. The van der Waals surface area contributed by atoms with Crippen LogP contribution in [0.5, 0.6) is 0 Å². The lowest BCUT2D eigenvalue weighted by atomic mass is 10.2. The molecule has 2 aromatic rings. The maximum absolute atomic E-state index is 12.0. The number of nitrogens with zero attached hydrogens (tertiary/aromatic N) is 2. The van der Waals surface area contributed by atoms with Crippen molar-refractivity contribution in [3.05, 3.63) is 40.0 Å². The van der Waals surface area contributed by atoms with Gasteiger partial charge < -0.3 is 10.6 Å². The van der Waals surface area contributed by atoms with E-state index in [2.05, 4.69) is 27.5 Å². The van der Waals surface area contributed by atoms with Crippen LogP contribution in [0, 0.1) is 6.92 Å². The minimum Gasteiger partial charge on any atom is -0.370 e. The molecule has 0 aliphatic rings. The second-order valence-electron chi connectivity index (χ2n) is 4.41. The van der Waals surface area contributed by atoms with Gasteiger partial charge in [-0.05, 0) is 25.5 Å². The average molecular weight is 290 g/mol. The minimum atomic E-state index is -0.132. The lowest BCUT2D eigenvalue weighted by molar-refractivity contribution is 0.0950. The van der Waals surface area contributed by atoms with Gasteiger partial charge in [0.1, 0.15) is 10.8 Å². The van der Waals surface area contributed by atoms with Crippen LogP contribution in [0.15, 0.2) is 24.5 Å². The zero-order valence-electron chi connectivity index (χ0n) is 11.6. The first-order valence-electron chi connectivity index (χ1n) is 6.58. The summed E-state index contributed by atoms with van der Waals surface area (Å²) in [7, 11) is 0. The summed E-state index contributed by atoms with van der Waals surface area (Å²) >= 11 is 1.58. The molecule has 1 amide bonds. The van der Waals surface area contributed by atoms with Gasteiger partial charge in [-0.3, -0.25) is 4.79 Å². The second kappa shape index (κ2) is 7.00. The van der Waals surface area contributed by atoms with Crippen LogP contribution < -0.4 is 10.6 Å². The molecule has 2 aromatic heterocycles. The first kappa shape index (κ1) is 14.5. The molecule has 0 aliphatic carbocycles. The highest BCUT2D eigenvalue weighted by Crippen LogP contribution is 2.11. The van der Waals surface area contributed by atoms with Crippen LogP contribution in [0.4, 0.5) is 5.82 Å². The fourth-order valence-corrected chi connectivity index (χ4v) is 2.35. The Morgan fingerprint density at radius 1 is 1.30 bits per heavy atom. The third-order valence-corrected chi connectivity index (χ3v) is 3.56. The Bertz CT molecular complexity index is 565. The van der Waals surface area contributed by atoms with Crippen molar-refractivity contribution >= 4 is 23.1 Å². The predicted molar refractivity (Wildman–Crippen MR) is 81.0 cm³/mol. The van der Waals surface area contributed by atoms with E-state index in [9.17, 15) is 4.79 Å². The van der Waals surface area contributed by atoms with Gasteiger partial charge in [0, 0.05) is 23.8 Å². The molecule has 20 heavy (non-hydrogen) atoms. The number of aromatic nitrogens is 2. The van der Waals surface area contributed by atoms with Gasteiger partial charge in [-0.1, -0.05) is 6.92 Å². The van der Waals surface area contributed by atoms with Gasteiger partial charge in [0.15, 0.2) is 0 Å². The van der Waals surface area contributed by atoms with Crippen LogP contribution in [0.3, 0.4) is 0 Å². The summed E-state index contributed by atoms with van der Waals surface area (Å²) in [5, 5.41) is 6.92. The van der Waals surface area contributed by atoms with Gasteiger partial charge in [-0.25, -0.2) is 9.97 Å². The largest absolute Gasteiger partial charge is 0.370 e. The molecule has 0 aliphatic heterocycles. The molecular formula is C14H18N4OS. The van der Waals surface area contributed by atoms with Crippen LogP contribution >= 0.6 is 11.3 Å². The maximum Gasteiger partial charge on any atom is 0.253 e. The molecule has 0 saturated heterocycles. The van der Waals surface area contributed by atoms with Crippen molar-refractivity contribution < 1.29 is 4.79 Å². The number of rotatable bonds is 6. The SMILES string of the molecule is CCCNc1ccc(C(=O)NCc2ncc(C)s2)cn1. The number of carbonyl (C=O) groups excluding carboxylic acids is 1. The quantitative estimate of drug-likeness (QED) is 0.858. The van der Waals surface area contributed by atoms with Crippen molar-refractivity contribution in [3.63, 3.8) is 0 Å². The van der Waals surface area contributed by atoms with Crippen LogP contribution in [0.2, 0.25) is 0 Å². The van der Waals surface area contributed by atoms with Crippen molar-refractivity contribution in [1.82, 2.24) is 15.3 Å². The molecule has 0 aromatic carbocycles. The summed E-state index contributed by atoms with van der Waals surface area (Å²) in [6.07, 6.45) is 4.43. The van der Waals surface area contributed by atoms with Crippen LogP contribution in [0.1, 0.15) is 33.6 Å². The fourth-order valence-electron chi connectivity index (χ4n) is 1.63. The zero-order valence-corrected chi connectivity index (χ0v) is 12.5. The van der Waals surface area contributed by atoms with Crippen molar-refractivity contribution in [2.75, 3.05) is 11.9 Å². The van der Waals surface area contributed by atoms with E-state index in [1.54, 1.807) is 23.6 Å². The third kappa shape index (κ3) is 4.03. The van der Waals surface area contributed by atoms with Crippen LogP contribution in [0.25, 0.3) is 0 Å². The van der Waals surface area contributed by atoms with E-state index in [-0.39, 0.29) is 5.91 Å². The Labute approximate surface area is 122 Å². The average Bonchev–Trinajstić information content (AvgIpc) is 2.89. The summed E-state index contributed by atoms with van der Waals surface area (Å²) in [5.41, 5.74) is 0.556. The number of hydrogen-bond acceptors (Lipinski definition) is 5. The van der Waals surface area contributed by atoms with E-state index < -0.39 is 0 Å². The summed E-state index contributed by atoms with van der Waals surface area (Å²) in [6.45, 7) is 5.42. The molecular weight excluding hydrogens is 272 g/mol. The molecule has 0 unspecified atom stereocenters. The third-order valence-electron chi connectivity index (χ3n) is 2.65. The number of amides is 1. The van der Waals surface area contributed by atoms with E-state index in [0.29, 0.717) is 12.1 Å². The van der Waals surface area contributed by atoms with E-state index >= 15 is 0 Å². The van der Waals surface area contributed by atoms with Crippen molar-refractivity contribution in [2.24, 2.45) is 0 Å². The first-order valence-corrected chi connectivity index (χ1v) is 7.40. The first-order chi connectivity index (χ1) is 9.69. The number of nitrogens with one attached hydrogen (secondary N) is 2. The summed E-state index contributed by atoms with van der Waals surface area (Å²) in [6, 6.07) is 3.59. The molecule has 0 saturated carbocycles. The summed E-state index contributed by atoms with van der Waals surface area (Å²) in [4.78, 5) is 21.5. The number of thiazole rings is 1. The molecule has 2 rings (SSSR count). The number of carbonyl (C=O) groups is 1. The number of anilines is 1. The highest BCUT2D eigenvalue weighted by atomic mass is 32.1. The maximum atomic E-state index is 12.0. The number of pyridine rings is 1. The highest BCUT2D eigenvalue weighted by Gasteiger charge is 2.07. The van der Waals surface area contributed by atoms with E-state index in [1.165, 1.54) is 0 Å². The van der Waals surface area contributed by atoms with Crippen LogP contribution in [-0.2, 0) is 6.54 Å². The fraction of sp³-hybridized carbons (Fsp3) is 0.357. The van der Waals surface area contributed by atoms with Crippen molar-refractivity contribution in [3.8, 4) is 0 Å². The lowest BCUT2D eigenvalue weighted by Crippen LogP contribution is -2.22. The van der Waals surface area contributed by atoms with E-state index in [0.717, 1.165) is 28.7 Å². The van der Waals surface area contributed by atoms with Gasteiger partial charge in [-0.15, -0.1) is 11.3 Å². The topological polar surface area (TPSA) is 66.9 Å².